The summed E-state index contributed by atoms with van der Waals surface area (Å²) in [5.74, 6) is -2.55. The standard InChI is InChI=1S/C23H21ClF2N4O.2C2H6/c1-15-5-7-17(21-4-3-9-28-21)11-22(15)29-14-30(13-18(24)23(31)27-2)12-16-6-8-19(25)20(26)10-16;2*1-2/h3,5-11,13,29H,2,4,12,14H2,1H3;2*1-2H3/b18-13+;;. The minimum Gasteiger partial charge on any atom is -0.368 e. The third-order valence-electron chi connectivity index (χ3n) is 4.70. The summed E-state index contributed by atoms with van der Waals surface area (Å²) in [6, 6.07) is 9.63. The zero-order valence-corrected chi connectivity index (χ0v) is 21.7. The van der Waals surface area contributed by atoms with Crippen LogP contribution in [0.25, 0.3) is 0 Å². The molecule has 0 aromatic heterocycles. The second-order valence-electron chi connectivity index (χ2n) is 6.96. The van der Waals surface area contributed by atoms with Crippen molar-refractivity contribution in [3.8, 4) is 0 Å². The Kier molecular flexibility index (Phi) is 13.2. The van der Waals surface area contributed by atoms with E-state index in [1.165, 1.54) is 12.3 Å². The number of halogens is 3. The third kappa shape index (κ3) is 9.09. The maximum atomic E-state index is 13.6. The first kappa shape index (κ1) is 29.7. The van der Waals surface area contributed by atoms with E-state index in [9.17, 15) is 13.6 Å². The number of anilines is 1. The Morgan fingerprint density at radius 2 is 1.89 bits per heavy atom. The molecule has 1 heterocycles. The summed E-state index contributed by atoms with van der Waals surface area (Å²) in [4.78, 5) is 21.0. The predicted molar refractivity (Wildman–Crippen MR) is 143 cm³/mol. The van der Waals surface area contributed by atoms with Gasteiger partial charge in [-0.2, -0.15) is 0 Å². The van der Waals surface area contributed by atoms with Gasteiger partial charge in [-0.15, -0.1) is 0 Å². The molecule has 0 radical (unpaired) electrons. The van der Waals surface area contributed by atoms with Crippen molar-refractivity contribution in [2.45, 2.75) is 47.6 Å². The van der Waals surface area contributed by atoms with E-state index in [-0.39, 0.29) is 18.2 Å². The maximum Gasteiger partial charge on any atom is 0.289 e. The second kappa shape index (κ2) is 15.6. The highest BCUT2D eigenvalue weighted by molar-refractivity contribution is 6.42. The van der Waals surface area contributed by atoms with Crippen LogP contribution in [0.15, 0.2) is 69.9 Å². The molecule has 0 saturated heterocycles. The molecule has 1 N–H and O–H groups in total. The van der Waals surface area contributed by atoms with Gasteiger partial charge in [-0.05, 0) is 48.5 Å². The van der Waals surface area contributed by atoms with Crippen LogP contribution in [-0.4, -0.2) is 29.9 Å². The Morgan fingerprint density at radius 3 is 2.49 bits per heavy atom. The number of hydrogen-bond donors (Lipinski definition) is 1. The Balaban J connectivity index is 0.00000145. The van der Waals surface area contributed by atoms with Gasteiger partial charge in [-0.25, -0.2) is 13.8 Å². The van der Waals surface area contributed by atoms with Gasteiger partial charge < -0.3 is 10.2 Å². The van der Waals surface area contributed by atoms with Crippen LogP contribution in [0.4, 0.5) is 14.5 Å². The number of aryl methyl sites for hydroxylation is 1. The summed E-state index contributed by atoms with van der Waals surface area (Å²) in [6.45, 7) is 13.6. The summed E-state index contributed by atoms with van der Waals surface area (Å²) in [7, 11) is 0. The maximum absolute atomic E-state index is 13.6. The number of hydrogen-bond acceptors (Lipinski definition) is 4. The van der Waals surface area contributed by atoms with E-state index >= 15 is 0 Å². The highest BCUT2D eigenvalue weighted by atomic mass is 35.5. The van der Waals surface area contributed by atoms with Crippen molar-refractivity contribution < 1.29 is 13.6 Å². The average molecular weight is 503 g/mol. The van der Waals surface area contributed by atoms with Crippen LogP contribution >= 0.6 is 11.6 Å². The number of carbonyl (C=O) groups excluding carboxylic acids is 1. The van der Waals surface area contributed by atoms with E-state index < -0.39 is 17.5 Å². The van der Waals surface area contributed by atoms with Gasteiger partial charge in [-0.1, -0.05) is 63.6 Å². The van der Waals surface area contributed by atoms with Crippen LogP contribution in [0.3, 0.4) is 0 Å². The molecule has 1 aliphatic heterocycles. The Hall–Kier alpha value is -3.32. The molecule has 1 amide bonds. The molecule has 0 unspecified atom stereocenters. The Bertz CT molecular complexity index is 1100. The van der Waals surface area contributed by atoms with Gasteiger partial charge >= 0.3 is 0 Å². The zero-order valence-electron chi connectivity index (χ0n) is 20.9. The molecule has 188 valence electrons. The Labute approximate surface area is 211 Å². The number of benzene rings is 2. The molecule has 0 saturated carbocycles. The summed E-state index contributed by atoms with van der Waals surface area (Å²) in [5, 5.41) is 3.17. The average Bonchev–Trinajstić information content (AvgIpc) is 3.42. The number of aliphatic imine (C=N–C) groups is 2. The topological polar surface area (TPSA) is 57.1 Å². The van der Waals surface area contributed by atoms with Gasteiger partial charge in [0.2, 0.25) is 0 Å². The molecule has 3 rings (SSSR count). The molecule has 8 heteroatoms. The third-order valence-corrected chi connectivity index (χ3v) is 4.96. The van der Waals surface area contributed by atoms with Gasteiger partial charge in [0.1, 0.15) is 5.03 Å². The van der Waals surface area contributed by atoms with E-state index in [0.717, 1.165) is 41.1 Å². The van der Waals surface area contributed by atoms with Crippen molar-refractivity contribution in [1.29, 1.82) is 0 Å². The normalized spacial score (nSPS) is 12.0. The molecule has 5 nitrogen and oxygen atoms in total. The van der Waals surface area contributed by atoms with Crippen LogP contribution in [0.5, 0.6) is 0 Å². The van der Waals surface area contributed by atoms with Crippen molar-refractivity contribution in [3.63, 3.8) is 0 Å². The number of allylic oxidation sites excluding steroid dienone is 1. The summed E-state index contributed by atoms with van der Waals surface area (Å²) in [6.07, 6.45) is 5.95. The first-order valence-electron chi connectivity index (χ1n) is 11.5. The number of nitrogens with zero attached hydrogens (tertiary/aromatic N) is 3. The van der Waals surface area contributed by atoms with Crippen LogP contribution in [0.2, 0.25) is 0 Å². The number of nitrogens with one attached hydrogen (secondary N) is 1. The molecule has 0 fully saturated rings. The monoisotopic (exact) mass is 502 g/mol. The fourth-order valence-electron chi connectivity index (χ4n) is 3.04. The van der Waals surface area contributed by atoms with Gasteiger partial charge in [0.15, 0.2) is 11.6 Å². The van der Waals surface area contributed by atoms with Gasteiger partial charge in [0.25, 0.3) is 5.91 Å². The van der Waals surface area contributed by atoms with Crippen molar-refractivity contribution in [3.05, 3.63) is 88.2 Å². The van der Waals surface area contributed by atoms with Crippen molar-refractivity contribution in [2.75, 3.05) is 12.0 Å². The zero-order chi connectivity index (χ0) is 26.4. The Morgan fingerprint density at radius 1 is 1.17 bits per heavy atom. The SMILES string of the molecule is C=NC(=O)/C(Cl)=C\N(CNc1cc(C2=NC=CC2)ccc1C)Cc1ccc(F)c(F)c1.CC.CC. The lowest BCUT2D eigenvalue weighted by molar-refractivity contribution is -0.113. The van der Waals surface area contributed by atoms with Crippen LogP contribution in [0, 0.1) is 18.6 Å². The molecular formula is C27H33ClF2N4O. The molecule has 0 bridgehead atoms. The lowest BCUT2D eigenvalue weighted by atomic mass is 10.0. The number of amides is 1. The van der Waals surface area contributed by atoms with Crippen molar-refractivity contribution in [2.24, 2.45) is 9.98 Å². The summed E-state index contributed by atoms with van der Waals surface area (Å²) < 4.78 is 26.9. The summed E-state index contributed by atoms with van der Waals surface area (Å²) in [5.41, 5.74) is 4.39. The van der Waals surface area contributed by atoms with Crippen molar-refractivity contribution >= 4 is 35.6 Å². The lowest BCUT2D eigenvalue weighted by Crippen LogP contribution is -2.25. The number of rotatable bonds is 8. The number of carbonyl (C=O) groups is 1. The quantitative estimate of drug-likeness (QED) is 0.235. The first-order chi connectivity index (χ1) is 16.9. The van der Waals surface area contributed by atoms with Crippen molar-refractivity contribution in [1.82, 2.24) is 4.90 Å². The van der Waals surface area contributed by atoms with Gasteiger partial charge in [0.05, 0.1) is 12.4 Å². The molecule has 0 spiro atoms. The van der Waals surface area contributed by atoms with Gasteiger partial charge in [-0.3, -0.25) is 9.79 Å². The van der Waals surface area contributed by atoms with E-state index in [2.05, 4.69) is 22.0 Å². The minimum absolute atomic E-state index is 0.142. The first-order valence-corrected chi connectivity index (χ1v) is 11.9. The second-order valence-corrected chi connectivity index (χ2v) is 7.37. The van der Waals surface area contributed by atoms with Gasteiger partial charge in [0, 0.05) is 31.1 Å². The molecular weight excluding hydrogens is 470 g/mol. The molecule has 2 aromatic rings. The smallest absolute Gasteiger partial charge is 0.289 e. The summed E-state index contributed by atoms with van der Waals surface area (Å²) >= 11 is 6.02. The van der Waals surface area contributed by atoms with Crippen LogP contribution in [0.1, 0.15) is 50.8 Å². The molecule has 1 aliphatic rings. The fourth-order valence-corrected chi connectivity index (χ4v) is 3.24. The minimum atomic E-state index is -0.946. The van der Waals surface area contributed by atoms with E-state index in [0.29, 0.717) is 5.56 Å². The van der Waals surface area contributed by atoms with Crippen LogP contribution in [-0.2, 0) is 11.3 Å². The van der Waals surface area contributed by atoms with E-state index in [1.54, 1.807) is 11.1 Å². The highest BCUT2D eigenvalue weighted by Crippen LogP contribution is 2.21. The van der Waals surface area contributed by atoms with E-state index in [4.69, 9.17) is 11.6 Å². The fraction of sp³-hybridized carbons (Fsp3) is 0.296. The molecule has 0 atom stereocenters. The largest absolute Gasteiger partial charge is 0.368 e. The molecule has 35 heavy (non-hydrogen) atoms. The van der Waals surface area contributed by atoms with Crippen LogP contribution < -0.4 is 5.32 Å². The lowest BCUT2D eigenvalue weighted by Gasteiger charge is -2.23. The molecule has 2 aromatic carbocycles. The van der Waals surface area contributed by atoms with E-state index in [1.807, 2.05) is 58.9 Å². The highest BCUT2D eigenvalue weighted by Gasteiger charge is 2.12. The molecule has 0 aliphatic carbocycles. The predicted octanol–water partition coefficient (Wildman–Crippen LogP) is 7.21.